The van der Waals surface area contributed by atoms with Crippen LogP contribution in [0.15, 0.2) is 18.3 Å². The zero-order chi connectivity index (χ0) is 10.2. The molecular weight excluding hydrogens is 178 g/mol. The van der Waals surface area contributed by atoms with Crippen molar-refractivity contribution < 1.29 is 4.74 Å². The summed E-state index contributed by atoms with van der Waals surface area (Å²) in [4.78, 5) is 0. The number of nitrogens with one attached hydrogen (secondary N) is 1. The second-order valence-electron chi connectivity index (χ2n) is 2.98. The predicted octanol–water partition coefficient (Wildman–Crippen LogP) is 0.669. The van der Waals surface area contributed by atoms with Crippen molar-refractivity contribution in [2.24, 2.45) is 7.05 Å². The molecule has 0 aliphatic heterocycles. The molecule has 0 unspecified atom stereocenters. The van der Waals surface area contributed by atoms with Gasteiger partial charge in [0, 0.05) is 33.4 Å². The van der Waals surface area contributed by atoms with Crippen molar-refractivity contribution in [3.8, 4) is 0 Å². The smallest absolute Gasteiger partial charge is 0.0603 e. The Morgan fingerprint density at radius 3 is 3.14 bits per heavy atom. The van der Waals surface area contributed by atoms with E-state index in [-0.39, 0.29) is 0 Å². The third-order valence-electron chi connectivity index (χ3n) is 1.89. The Hall–Kier alpha value is -1.13. The number of rotatable bonds is 6. The number of hydrogen-bond acceptors (Lipinski definition) is 3. The van der Waals surface area contributed by atoms with Crippen LogP contribution in [0.1, 0.15) is 5.69 Å². The van der Waals surface area contributed by atoms with E-state index in [0.29, 0.717) is 0 Å². The summed E-state index contributed by atoms with van der Waals surface area (Å²) in [6.45, 7) is 2.49. The maximum absolute atomic E-state index is 4.91. The lowest BCUT2D eigenvalue weighted by atomic mass is 10.4. The first-order valence-electron chi connectivity index (χ1n) is 4.69. The molecule has 0 fully saturated rings. The number of aromatic nitrogens is 2. The Morgan fingerprint density at radius 1 is 1.64 bits per heavy atom. The van der Waals surface area contributed by atoms with Gasteiger partial charge in [-0.2, -0.15) is 5.10 Å². The zero-order valence-electron chi connectivity index (χ0n) is 8.73. The molecule has 4 nitrogen and oxygen atoms in total. The lowest BCUT2D eigenvalue weighted by molar-refractivity contribution is 0.200. The van der Waals surface area contributed by atoms with Crippen molar-refractivity contribution >= 4 is 6.08 Å². The van der Waals surface area contributed by atoms with Gasteiger partial charge in [-0.1, -0.05) is 6.08 Å². The first-order valence-corrected chi connectivity index (χ1v) is 4.69. The SMILES string of the molecule is COCCNC/C=C/c1ccnn1C. The molecule has 1 N–H and O–H groups in total. The summed E-state index contributed by atoms with van der Waals surface area (Å²) in [5.41, 5.74) is 1.11. The number of aryl methyl sites for hydroxylation is 1. The number of nitrogens with zero attached hydrogens (tertiary/aromatic N) is 2. The van der Waals surface area contributed by atoms with Crippen molar-refractivity contribution in [1.29, 1.82) is 0 Å². The fraction of sp³-hybridized carbons (Fsp3) is 0.500. The Bertz CT molecular complexity index is 281. The van der Waals surface area contributed by atoms with Crippen molar-refractivity contribution in [2.45, 2.75) is 0 Å². The summed E-state index contributed by atoms with van der Waals surface area (Å²) < 4.78 is 6.75. The summed E-state index contributed by atoms with van der Waals surface area (Å²) >= 11 is 0. The molecule has 78 valence electrons. The average Bonchev–Trinajstić information content (AvgIpc) is 2.58. The second kappa shape index (κ2) is 6.34. The lowest BCUT2D eigenvalue weighted by Gasteiger charge is -1.99. The maximum atomic E-state index is 4.91. The van der Waals surface area contributed by atoms with Gasteiger partial charge in [-0.15, -0.1) is 0 Å². The zero-order valence-corrected chi connectivity index (χ0v) is 8.73. The standard InChI is InChI=1S/C10H17N3O/c1-13-10(5-7-12-13)4-3-6-11-8-9-14-2/h3-5,7,11H,6,8-9H2,1-2H3/b4-3+. The van der Waals surface area contributed by atoms with Gasteiger partial charge < -0.3 is 10.1 Å². The molecule has 0 aliphatic carbocycles. The van der Waals surface area contributed by atoms with Gasteiger partial charge in [0.25, 0.3) is 0 Å². The summed E-state index contributed by atoms with van der Waals surface area (Å²) in [5.74, 6) is 0. The Labute approximate surface area is 84.6 Å². The molecule has 0 amide bonds. The predicted molar refractivity (Wildman–Crippen MR) is 57.0 cm³/mol. The van der Waals surface area contributed by atoms with Crippen LogP contribution in [0.4, 0.5) is 0 Å². The molecule has 1 aromatic rings. The van der Waals surface area contributed by atoms with Crippen LogP contribution in [0, 0.1) is 0 Å². The van der Waals surface area contributed by atoms with Crippen LogP contribution in [-0.4, -0.2) is 36.6 Å². The molecule has 4 heteroatoms. The van der Waals surface area contributed by atoms with Crippen LogP contribution in [0.2, 0.25) is 0 Å². The normalized spacial score (nSPS) is 11.3. The van der Waals surface area contributed by atoms with Crippen LogP contribution in [0.5, 0.6) is 0 Å². The highest BCUT2D eigenvalue weighted by atomic mass is 16.5. The molecular formula is C10H17N3O. The van der Waals surface area contributed by atoms with Crippen LogP contribution in [0.3, 0.4) is 0 Å². The van der Waals surface area contributed by atoms with Crippen LogP contribution in [0.25, 0.3) is 6.08 Å². The van der Waals surface area contributed by atoms with E-state index in [0.717, 1.165) is 25.4 Å². The third-order valence-corrected chi connectivity index (χ3v) is 1.89. The number of methoxy groups -OCH3 is 1. The van der Waals surface area contributed by atoms with Crippen molar-refractivity contribution in [3.05, 3.63) is 24.0 Å². The summed E-state index contributed by atoms with van der Waals surface area (Å²) in [6.07, 6.45) is 5.91. The molecule has 0 spiro atoms. The van der Waals surface area contributed by atoms with Gasteiger partial charge in [-0.05, 0) is 12.1 Å². The van der Waals surface area contributed by atoms with Gasteiger partial charge in [-0.3, -0.25) is 4.68 Å². The minimum Gasteiger partial charge on any atom is -0.383 e. The fourth-order valence-corrected chi connectivity index (χ4v) is 1.09. The van der Waals surface area contributed by atoms with E-state index in [1.165, 1.54) is 0 Å². The largest absolute Gasteiger partial charge is 0.383 e. The highest BCUT2D eigenvalue weighted by Crippen LogP contribution is 1.97. The molecule has 0 bridgehead atoms. The second-order valence-corrected chi connectivity index (χ2v) is 2.98. The molecule has 0 saturated heterocycles. The minimum atomic E-state index is 0.750. The molecule has 1 heterocycles. The van der Waals surface area contributed by atoms with E-state index in [2.05, 4.69) is 16.5 Å². The van der Waals surface area contributed by atoms with Gasteiger partial charge in [0.2, 0.25) is 0 Å². The van der Waals surface area contributed by atoms with Crippen molar-refractivity contribution in [2.75, 3.05) is 26.8 Å². The highest BCUT2D eigenvalue weighted by Gasteiger charge is 1.90. The summed E-state index contributed by atoms with van der Waals surface area (Å²) in [7, 11) is 3.63. The Balaban J connectivity index is 2.18. The lowest BCUT2D eigenvalue weighted by Crippen LogP contribution is -2.18. The molecule has 0 aliphatic rings. The summed E-state index contributed by atoms with van der Waals surface area (Å²) in [6, 6.07) is 1.98. The summed E-state index contributed by atoms with van der Waals surface area (Å²) in [5, 5.41) is 7.30. The first kappa shape index (κ1) is 10.9. The average molecular weight is 195 g/mol. The van der Waals surface area contributed by atoms with Gasteiger partial charge in [0.15, 0.2) is 0 Å². The van der Waals surface area contributed by atoms with Crippen LogP contribution < -0.4 is 5.32 Å². The van der Waals surface area contributed by atoms with E-state index in [9.17, 15) is 0 Å². The number of ether oxygens (including phenoxy) is 1. The van der Waals surface area contributed by atoms with Crippen molar-refractivity contribution in [1.82, 2.24) is 15.1 Å². The molecule has 14 heavy (non-hydrogen) atoms. The van der Waals surface area contributed by atoms with Gasteiger partial charge in [0.1, 0.15) is 0 Å². The molecule has 0 aromatic carbocycles. The quantitative estimate of drug-likeness (QED) is 0.678. The maximum Gasteiger partial charge on any atom is 0.0603 e. The van der Waals surface area contributed by atoms with Gasteiger partial charge >= 0.3 is 0 Å². The van der Waals surface area contributed by atoms with Gasteiger partial charge in [-0.25, -0.2) is 0 Å². The Morgan fingerprint density at radius 2 is 2.50 bits per heavy atom. The van der Waals surface area contributed by atoms with Gasteiger partial charge in [0.05, 0.1) is 12.3 Å². The molecule has 0 atom stereocenters. The highest BCUT2D eigenvalue weighted by molar-refractivity contribution is 5.44. The first-order chi connectivity index (χ1) is 6.84. The van der Waals surface area contributed by atoms with E-state index in [4.69, 9.17) is 4.74 Å². The van der Waals surface area contributed by atoms with E-state index >= 15 is 0 Å². The molecule has 0 saturated carbocycles. The number of hydrogen-bond donors (Lipinski definition) is 1. The minimum absolute atomic E-state index is 0.750. The molecule has 1 rings (SSSR count). The topological polar surface area (TPSA) is 39.1 Å². The fourth-order valence-electron chi connectivity index (χ4n) is 1.09. The molecule has 0 radical (unpaired) electrons. The van der Waals surface area contributed by atoms with E-state index in [1.54, 1.807) is 13.3 Å². The third kappa shape index (κ3) is 3.72. The monoisotopic (exact) mass is 195 g/mol. The Kier molecular flexibility index (Phi) is 4.96. The van der Waals surface area contributed by atoms with Crippen LogP contribution >= 0.6 is 0 Å². The van der Waals surface area contributed by atoms with Crippen molar-refractivity contribution in [3.63, 3.8) is 0 Å². The van der Waals surface area contributed by atoms with E-state index in [1.807, 2.05) is 23.9 Å². The molecule has 1 aromatic heterocycles. The van der Waals surface area contributed by atoms with E-state index < -0.39 is 0 Å². The van der Waals surface area contributed by atoms with Crippen LogP contribution in [-0.2, 0) is 11.8 Å².